The normalized spacial score (nSPS) is 16.6. The molecule has 3 rings (SSSR count). The first kappa shape index (κ1) is 9.88. The van der Waals surface area contributed by atoms with E-state index in [4.69, 9.17) is 11.6 Å². The molecule has 0 saturated carbocycles. The van der Waals surface area contributed by atoms with Crippen LogP contribution in [0, 0.1) is 0 Å². The van der Waals surface area contributed by atoms with Crippen LogP contribution in [-0.2, 0) is 12.8 Å². The van der Waals surface area contributed by atoms with Crippen LogP contribution in [0.15, 0.2) is 23.6 Å². The molecule has 0 bridgehead atoms. The molecule has 0 saturated heterocycles. The van der Waals surface area contributed by atoms with Gasteiger partial charge in [-0.2, -0.15) is 0 Å². The van der Waals surface area contributed by atoms with Crippen molar-refractivity contribution in [2.75, 3.05) is 0 Å². The summed E-state index contributed by atoms with van der Waals surface area (Å²) >= 11 is 10.1. The summed E-state index contributed by atoms with van der Waals surface area (Å²) in [7, 11) is 0. The van der Waals surface area contributed by atoms with E-state index in [1.54, 1.807) is 16.2 Å². The zero-order chi connectivity index (χ0) is 10.3. The van der Waals surface area contributed by atoms with E-state index in [2.05, 4.69) is 23.6 Å². The lowest BCUT2D eigenvalue weighted by Gasteiger charge is -2.03. The predicted octanol–water partition coefficient (Wildman–Crippen LogP) is 4.63. The first-order chi connectivity index (χ1) is 7.34. The number of thiophene rings is 2. The van der Waals surface area contributed by atoms with Crippen molar-refractivity contribution in [1.82, 2.24) is 0 Å². The molecule has 0 spiro atoms. The molecule has 1 aliphatic rings. The lowest BCUT2D eigenvalue weighted by molar-refractivity contribution is 0.913. The largest absolute Gasteiger partial charge is 0.147 e. The van der Waals surface area contributed by atoms with Crippen molar-refractivity contribution in [1.29, 1.82) is 0 Å². The van der Waals surface area contributed by atoms with Gasteiger partial charge in [0.2, 0.25) is 0 Å². The SMILES string of the molecule is ClC(c1cccs1)c1cc2c(s1)CCC2. The van der Waals surface area contributed by atoms with E-state index >= 15 is 0 Å². The summed E-state index contributed by atoms with van der Waals surface area (Å²) in [5.74, 6) is 0. The number of hydrogen-bond donors (Lipinski definition) is 0. The Balaban J connectivity index is 1.93. The first-order valence-corrected chi connectivity index (χ1v) is 7.27. The second-order valence-electron chi connectivity index (χ2n) is 3.83. The summed E-state index contributed by atoms with van der Waals surface area (Å²) in [5.41, 5.74) is 1.54. The molecule has 0 nitrogen and oxygen atoms in total. The van der Waals surface area contributed by atoms with Gasteiger partial charge in [0.25, 0.3) is 0 Å². The molecule has 78 valence electrons. The first-order valence-electron chi connectivity index (χ1n) is 5.13. The highest BCUT2D eigenvalue weighted by molar-refractivity contribution is 7.13. The monoisotopic (exact) mass is 254 g/mol. The summed E-state index contributed by atoms with van der Waals surface area (Å²) in [6.07, 6.45) is 3.83. The van der Waals surface area contributed by atoms with Crippen molar-refractivity contribution in [3.63, 3.8) is 0 Å². The molecule has 0 fully saturated rings. The Kier molecular flexibility index (Phi) is 2.59. The Morgan fingerprint density at radius 2 is 2.20 bits per heavy atom. The molecular weight excluding hydrogens is 244 g/mol. The zero-order valence-electron chi connectivity index (χ0n) is 8.20. The van der Waals surface area contributed by atoms with E-state index in [-0.39, 0.29) is 5.38 Å². The van der Waals surface area contributed by atoms with Crippen LogP contribution >= 0.6 is 34.3 Å². The van der Waals surface area contributed by atoms with Crippen LogP contribution < -0.4 is 0 Å². The van der Waals surface area contributed by atoms with Gasteiger partial charge in [0, 0.05) is 14.6 Å². The summed E-state index contributed by atoms with van der Waals surface area (Å²) in [6, 6.07) is 6.49. The Labute approximate surface area is 103 Å². The Hall–Kier alpha value is -0.310. The van der Waals surface area contributed by atoms with Gasteiger partial charge in [0.15, 0.2) is 0 Å². The van der Waals surface area contributed by atoms with E-state index < -0.39 is 0 Å². The van der Waals surface area contributed by atoms with Gasteiger partial charge in [-0.25, -0.2) is 0 Å². The van der Waals surface area contributed by atoms with Crippen LogP contribution in [0.5, 0.6) is 0 Å². The highest BCUT2D eigenvalue weighted by atomic mass is 35.5. The Bertz CT molecular complexity index is 434. The molecule has 1 atom stereocenters. The third kappa shape index (κ3) is 1.75. The van der Waals surface area contributed by atoms with E-state index in [1.807, 2.05) is 11.3 Å². The molecule has 2 aromatic heterocycles. The quantitative estimate of drug-likeness (QED) is 0.686. The molecule has 1 aliphatic carbocycles. The Morgan fingerprint density at radius 3 is 2.93 bits per heavy atom. The second kappa shape index (κ2) is 3.93. The summed E-state index contributed by atoms with van der Waals surface area (Å²) in [6.45, 7) is 0. The maximum Gasteiger partial charge on any atom is 0.102 e. The van der Waals surface area contributed by atoms with Gasteiger partial charge in [0.1, 0.15) is 5.38 Å². The van der Waals surface area contributed by atoms with Crippen LogP contribution in [0.25, 0.3) is 0 Å². The molecular formula is C12H11ClS2. The number of rotatable bonds is 2. The molecule has 3 heteroatoms. The van der Waals surface area contributed by atoms with Crippen LogP contribution in [0.3, 0.4) is 0 Å². The topological polar surface area (TPSA) is 0 Å². The molecule has 15 heavy (non-hydrogen) atoms. The second-order valence-corrected chi connectivity index (χ2v) is 6.41. The van der Waals surface area contributed by atoms with Crippen molar-refractivity contribution in [2.45, 2.75) is 24.6 Å². The van der Waals surface area contributed by atoms with Gasteiger partial charge in [-0.1, -0.05) is 6.07 Å². The van der Waals surface area contributed by atoms with Crippen LogP contribution in [-0.4, -0.2) is 0 Å². The molecule has 0 aromatic carbocycles. The summed E-state index contributed by atoms with van der Waals surface area (Å²) in [5, 5.41) is 2.16. The van der Waals surface area contributed by atoms with Crippen molar-refractivity contribution in [3.8, 4) is 0 Å². The highest BCUT2D eigenvalue weighted by Crippen LogP contribution is 2.40. The number of fused-ring (bicyclic) bond motifs is 1. The van der Waals surface area contributed by atoms with Gasteiger partial charge >= 0.3 is 0 Å². The summed E-state index contributed by atoms with van der Waals surface area (Å²) < 4.78 is 0. The minimum absolute atomic E-state index is 0.0700. The van der Waals surface area contributed by atoms with Gasteiger partial charge in [0.05, 0.1) is 0 Å². The molecule has 0 radical (unpaired) electrons. The maximum absolute atomic E-state index is 6.46. The fourth-order valence-corrected chi connectivity index (χ4v) is 4.52. The van der Waals surface area contributed by atoms with E-state index in [9.17, 15) is 0 Å². The lowest BCUT2D eigenvalue weighted by Crippen LogP contribution is -1.85. The zero-order valence-corrected chi connectivity index (χ0v) is 10.6. The van der Waals surface area contributed by atoms with Crippen molar-refractivity contribution in [3.05, 3.63) is 43.8 Å². The number of aryl methyl sites for hydroxylation is 2. The minimum atomic E-state index is 0.0700. The number of alkyl halides is 1. The predicted molar refractivity (Wildman–Crippen MR) is 68.4 cm³/mol. The summed E-state index contributed by atoms with van der Waals surface area (Å²) in [4.78, 5) is 4.15. The molecule has 0 aliphatic heterocycles. The number of hydrogen-bond acceptors (Lipinski definition) is 2. The van der Waals surface area contributed by atoms with Crippen LogP contribution in [0.1, 0.15) is 32.0 Å². The fourth-order valence-electron chi connectivity index (χ4n) is 2.05. The minimum Gasteiger partial charge on any atom is -0.147 e. The standard InChI is InChI=1S/C12H11ClS2/c13-12(10-5-2-6-14-10)11-7-8-3-1-4-9(8)15-11/h2,5-7,12H,1,3-4H2. The fraction of sp³-hybridized carbons (Fsp3) is 0.333. The van der Waals surface area contributed by atoms with Gasteiger partial charge in [-0.05, 0) is 42.3 Å². The number of halogens is 1. The van der Waals surface area contributed by atoms with Gasteiger partial charge in [-0.15, -0.1) is 34.3 Å². The van der Waals surface area contributed by atoms with Crippen molar-refractivity contribution in [2.24, 2.45) is 0 Å². The van der Waals surface area contributed by atoms with E-state index in [1.165, 1.54) is 34.6 Å². The maximum atomic E-state index is 6.46. The molecule has 2 heterocycles. The molecule has 0 N–H and O–H groups in total. The van der Waals surface area contributed by atoms with Crippen molar-refractivity contribution >= 4 is 34.3 Å². The third-order valence-corrected chi connectivity index (χ3v) is 5.78. The van der Waals surface area contributed by atoms with Crippen LogP contribution in [0.2, 0.25) is 0 Å². The molecule has 1 unspecified atom stereocenters. The molecule has 2 aromatic rings. The van der Waals surface area contributed by atoms with E-state index in [0.717, 1.165) is 0 Å². The third-order valence-electron chi connectivity index (χ3n) is 2.81. The average Bonchev–Trinajstić information content (AvgIpc) is 2.92. The molecule has 0 amide bonds. The average molecular weight is 255 g/mol. The van der Waals surface area contributed by atoms with Crippen LogP contribution in [0.4, 0.5) is 0 Å². The lowest BCUT2D eigenvalue weighted by atomic mass is 10.2. The van der Waals surface area contributed by atoms with Gasteiger partial charge < -0.3 is 0 Å². The van der Waals surface area contributed by atoms with Gasteiger partial charge in [-0.3, -0.25) is 0 Å². The van der Waals surface area contributed by atoms with E-state index in [0.29, 0.717) is 0 Å². The smallest absolute Gasteiger partial charge is 0.102 e. The highest BCUT2D eigenvalue weighted by Gasteiger charge is 2.20. The van der Waals surface area contributed by atoms with Crippen molar-refractivity contribution < 1.29 is 0 Å². The Morgan fingerprint density at radius 1 is 1.27 bits per heavy atom.